The van der Waals surface area contributed by atoms with E-state index in [0.717, 1.165) is 5.75 Å². The van der Waals surface area contributed by atoms with E-state index in [-0.39, 0.29) is 18.4 Å². The Hall–Kier alpha value is -2.73. The predicted octanol–water partition coefficient (Wildman–Crippen LogP) is 3.74. The Balaban J connectivity index is 2.13. The number of amides is 2. The predicted molar refractivity (Wildman–Crippen MR) is 102 cm³/mol. The van der Waals surface area contributed by atoms with Crippen LogP contribution >= 0.6 is 11.6 Å². The molecule has 0 radical (unpaired) electrons. The van der Waals surface area contributed by atoms with Gasteiger partial charge in [-0.25, -0.2) is 0 Å². The molecule has 0 saturated heterocycles. The summed E-state index contributed by atoms with van der Waals surface area (Å²) in [5.74, 6) is 0.539. The number of methoxy groups -OCH3 is 1. The molecule has 26 heavy (non-hydrogen) atoms. The number of hydrogen-bond donors (Lipinski definition) is 1. The minimum Gasteiger partial charge on any atom is -0.495 e. The van der Waals surface area contributed by atoms with Gasteiger partial charge in [0.25, 0.3) is 0 Å². The van der Waals surface area contributed by atoms with Crippen LogP contribution in [-0.2, 0) is 9.59 Å². The minimum absolute atomic E-state index is 0.167. The summed E-state index contributed by atoms with van der Waals surface area (Å²) < 4.78 is 10.6. The van der Waals surface area contributed by atoms with Gasteiger partial charge in [-0.1, -0.05) is 11.6 Å². The van der Waals surface area contributed by atoms with Crippen molar-refractivity contribution in [2.24, 2.45) is 0 Å². The Kier molecular flexibility index (Phi) is 6.86. The van der Waals surface area contributed by atoms with Gasteiger partial charge in [0.2, 0.25) is 11.8 Å². The Morgan fingerprint density at radius 1 is 1.15 bits per heavy atom. The molecular formula is C19H21ClN2O4. The van der Waals surface area contributed by atoms with Crippen LogP contribution in [0.15, 0.2) is 42.5 Å². The molecule has 0 unspecified atom stereocenters. The van der Waals surface area contributed by atoms with E-state index in [1.165, 1.54) is 18.9 Å². The zero-order valence-electron chi connectivity index (χ0n) is 14.9. The lowest BCUT2D eigenvalue weighted by Crippen LogP contribution is -2.36. The number of hydrogen-bond acceptors (Lipinski definition) is 4. The van der Waals surface area contributed by atoms with Crippen LogP contribution in [0.2, 0.25) is 5.02 Å². The normalized spacial score (nSPS) is 10.2. The van der Waals surface area contributed by atoms with Crippen molar-refractivity contribution in [1.82, 2.24) is 0 Å². The Morgan fingerprint density at radius 3 is 2.42 bits per heavy atom. The third-order valence-electron chi connectivity index (χ3n) is 3.56. The van der Waals surface area contributed by atoms with Gasteiger partial charge in [0.15, 0.2) is 0 Å². The van der Waals surface area contributed by atoms with Crippen molar-refractivity contribution in [1.29, 1.82) is 0 Å². The minimum atomic E-state index is -0.341. The van der Waals surface area contributed by atoms with Gasteiger partial charge in [0.1, 0.15) is 18.0 Å². The molecule has 0 atom stereocenters. The van der Waals surface area contributed by atoms with E-state index < -0.39 is 0 Å². The van der Waals surface area contributed by atoms with Crippen molar-refractivity contribution in [2.75, 3.05) is 30.5 Å². The molecule has 0 aliphatic rings. The zero-order valence-corrected chi connectivity index (χ0v) is 15.7. The van der Waals surface area contributed by atoms with Crippen LogP contribution in [0.1, 0.15) is 13.8 Å². The molecule has 0 aliphatic carbocycles. The number of benzene rings is 2. The largest absolute Gasteiger partial charge is 0.495 e. The van der Waals surface area contributed by atoms with Gasteiger partial charge in [-0.3, -0.25) is 14.5 Å². The molecule has 0 fully saturated rings. The fourth-order valence-electron chi connectivity index (χ4n) is 2.39. The average Bonchev–Trinajstić information content (AvgIpc) is 2.61. The van der Waals surface area contributed by atoms with E-state index in [2.05, 4.69) is 5.32 Å². The molecule has 0 spiro atoms. The third kappa shape index (κ3) is 5.13. The van der Waals surface area contributed by atoms with Crippen molar-refractivity contribution >= 4 is 34.8 Å². The van der Waals surface area contributed by atoms with E-state index in [9.17, 15) is 9.59 Å². The number of nitrogens with zero attached hydrogens (tertiary/aromatic N) is 1. The van der Waals surface area contributed by atoms with Crippen molar-refractivity contribution in [3.63, 3.8) is 0 Å². The summed E-state index contributed by atoms with van der Waals surface area (Å²) in [5, 5.41) is 3.20. The smallest absolute Gasteiger partial charge is 0.244 e. The fraction of sp³-hybridized carbons (Fsp3) is 0.263. The molecular weight excluding hydrogens is 356 g/mol. The quantitative estimate of drug-likeness (QED) is 0.799. The number of carbonyl (C=O) groups is 2. The number of ether oxygens (including phenoxy) is 2. The second-order valence-corrected chi connectivity index (χ2v) is 5.86. The van der Waals surface area contributed by atoms with Gasteiger partial charge in [0, 0.05) is 17.6 Å². The maximum atomic E-state index is 12.4. The van der Waals surface area contributed by atoms with E-state index in [0.29, 0.717) is 28.8 Å². The van der Waals surface area contributed by atoms with Gasteiger partial charge in [-0.2, -0.15) is 0 Å². The molecule has 2 amide bonds. The monoisotopic (exact) mass is 376 g/mol. The van der Waals surface area contributed by atoms with Gasteiger partial charge in [-0.15, -0.1) is 0 Å². The second kappa shape index (κ2) is 9.10. The van der Waals surface area contributed by atoms with Gasteiger partial charge >= 0.3 is 0 Å². The number of halogens is 1. The number of anilines is 2. The summed E-state index contributed by atoms with van der Waals surface area (Å²) in [6.45, 7) is 3.68. The molecule has 6 nitrogen and oxygen atoms in total. The number of rotatable bonds is 7. The summed E-state index contributed by atoms with van der Waals surface area (Å²) in [6.07, 6.45) is 0. The maximum absolute atomic E-state index is 12.4. The Bertz CT molecular complexity index is 778. The lowest BCUT2D eigenvalue weighted by Gasteiger charge is -2.23. The molecule has 2 aromatic rings. The maximum Gasteiger partial charge on any atom is 0.244 e. The van der Waals surface area contributed by atoms with Crippen molar-refractivity contribution in [3.8, 4) is 11.5 Å². The first-order valence-electron chi connectivity index (χ1n) is 8.09. The third-order valence-corrected chi connectivity index (χ3v) is 3.80. The van der Waals surface area contributed by atoms with Gasteiger partial charge < -0.3 is 14.8 Å². The summed E-state index contributed by atoms with van der Waals surface area (Å²) in [4.78, 5) is 25.8. The zero-order chi connectivity index (χ0) is 19.1. The number of nitrogens with one attached hydrogen (secondary N) is 1. The van der Waals surface area contributed by atoms with Crippen molar-refractivity contribution < 1.29 is 19.1 Å². The van der Waals surface area contributed by atoms with E-state index in [4.69, 9.17) is 21.1 Å². The second-order valence-electron chi connectivity index (χ2n) is 5.43. The molecule has 0 aromatic heterocycles. The summed E-state index contributed by atoms with van der Waals surface area (Å²) in [7, 11) is 1.49. The Labute approximate surface area is 157 Å². The fourth-order valence-corrected chi connectivity index (χ4v) is 2.55. The van der Waals surface area contributed by atoms with Crippen LogP contribution in [0.25, 0.3) is 0 Å². The first kappa shape index (κ1) is 19.6. The highest BCUT2D eigenvalue weighted by atomic mass is 35.5. The molecule has 2 rings (SSSR count). The molecule has 2 aromatic carbocycles. The first-order chi connectivity index (χ1) is 12.4. The van der Waals surface area contributed by atoms with Crippen LogP contribution in [-0.4, -0.2) is 32.1 Å². The lowest BCUT2D eigenvalue weighted by atomic mass is 10.2. The van der Waals surface area contributed by atoms with Crippen LogP contribution in [0.4, 0.5) is 11.4 Å². The summed E-state index contributed by atoms with van der Waals surface area (Å²) in [6, 6.07) is 11.9. The van der Waals surface area contributed by atoms with Crippen molar-refractivity contribution in [2.45, 2.75) is 13.8 Å². The molecule has 0 aliphatic heterocycles. The molecule has 138 valence electrons. The first-order valence-corrected chi connectivity index (χ1v) is 8.46. The van der Waals surface area contributed by atoms with E-state index in [1.807, 2.05) is 6.92 Å². The van der Waals surface area contributed by atoms with Crippen LogP contribution in [0.3, 0.4) is 0 Å². The van der Waals surface area contributed by atoms with Crippen molar-refractivity contribution in [3.05, 3.63) is 47.5 Å². The van der Waals surface area contributed by atoms with E-state index in [1.54, 1.807) is 42.5 Å². The molecule has 0 saturated carbocycles. The molecule has 7 heteroatoms. The Morgan fingerprint density at radius 2 is 1.85 bits per heavy atom. The van der Waals surface area contributed by atoms with Gasteiger partial charge in [-0.05, 0) is 49.4 Å². The standard InChI is InChI=1S/C19H21ClN2O4/c1-4-26-16-8-6-15(7-9-16)21-19(24)12-22(13(2)23)17-11-14(20)5-10-18(17)25-3/h5-11H,4,12H2,1-3H3,(H,21,24). The highest BCUT2D eigenvalue weighted by Crippen LogP contribution is 2.31. The molecule has 0 bridgehead atoms. The number of carbonyl (C=O) groups excluding carboxylic acids is 2. The van der Waals surface area contributed by atoms with Crippen LogP contribution in [0, 0.1) is 0 Å². The summed E-state index contributed by atoms with van der Waals surface area (Å²) >= 11 is 6.02. The molecule has 0 heterocycles. The highest BCUT2D eigenvalue weighted by Gasteiger charge is 2.20. The highest BCUT2D eigenvalue weighted by molar-refractivity contribution is 6.31. The SMILES string of the molecule is CCOc1ccc(NC(=O)CN(C(C)=O)c2cc(Cl)ccc2OC)cc1. The topological polar surface area (TPSA) is 67.9 Å². The lowest BCUT2D eigenvalue weighted by molar-refractivity contribution is -0.120. The van der Waals surface area contributed by atoms with Crippen LogP contribution < -0.4 is 19.7 Å². The molecule has 1 N–H and O–H groups in total. The van der Waals surface area contributed by atoms with Gasteiger partial charge in [0.05, 0.1) is 19.4 Å². The summed E-state index contributed by atoms with van der Waals surface area (Å²) in [5.41, 5.74) is 1.05. The average molecular weight is 377 g/mol. The van der Waals surface area contributed by atoms with E-state index >= 15 is 0 Å². The van der Waals surface area contributed by atoms with Crippen LogP contribution in [0.5, 0.6) is 11.5 Å².